The number of carbonyl (C=O) groups excluding carboxylic acids is 3. The fourth-order valence-electron chi connectivity index (χ4n) is 2.64. The number of benzene rings is 2. The molecule has 0 radical (unpaired) electrons. The van der Waals surface area contributed by atoms with Gasteiger partial charge in [0.25, 0.3) is 11.8 Å². The van der Waals surface area contributed by atoms with Gasteiger partial charge in [0.15, 0.2) is 0 Å². The molecule has 0 unspecified atom stereocenters. The van der Waals surface area contributed by atoms with Gasteiger partial charge in [0.1, 0.15) is 5.82 Å². The topological polar surface area (TPSA) is 66.5 Å². The van der Waals surface area contributed by atoms with Crippen LogP contribution in [0.1, 0.15) is 33.6 Å². The molecule has 1 N–H and O–H groups in total. The second-order valence-corrected chi connectivity index (χ2v) is 6.50. The molecule has 0 saturated carbocycles. The first-order valence-corrected chi connectivity index (χ1v) is 8.47. The molecular weight excluding hydrogens is 391 g/mol. The van der Waals surface area contributed by atoms with E-state index in [2.05, 4.69) is 21.2 Å². The Hall–Kier alpha value is -2.54. The van der Waals surface area contributed by atoms with Crippen LogP contribution in [-0.4, -0.2) is 29.2 Å². The maximum atomic E-state index is 13.5. The van der Waals surface area contributed by atoms with Crippen molar-refractivity contribution in [3.05, 3.63) is 63.9 Å². The molecule has 3 amide bonds. The molecule has 0 aliphatic carbocycles. The number of carbonyl (C=O) groups is 3. The Bertz CT molecular complexity index is 869. The summed E-state index contributed by atoms with van der Waals surface area (Å²) in [5, 5.41) is 2.47. The summed E-state index contributed by atoms with van der Waals surface area (Å²) < 4.78 is 14.2. The van der Waals surface area contributed by atoms with E-state index in [4.69, 9.17) is 0 Å². The van der Waals surface area contributed by atoms with Crippen LogP contribution in [0.25, 0.3) is 0 Å². The average Bonchev–Trinajstić information content (AvgIpc) is 2.81. The van der Waals surface area contributed by atoms with E-state index in [0.29, 0.717) is 17.5 Å². The van der Waals surface area contributed by atoms with E-state index in [1.165, 1.54) is 18.2 Å². The molecule has 0 fully saturated rings. The minimum Gasteiger partial charge on any atom is -0.324 e. The molecule has 128 valence electrons. The molecule has 7 heteroatoms. The lowest BCUT2D eigenvalue weighted by Crippen LogP contribution is -2.31. The molecule has 0 aromatic heterocycles. The highest BCUT2D eigenvalue weighted by molar-refractivity contribution is 9.10. The van der Waals surface area contributed by atoms with Gasteiger partial charge in [-0.2, -0.15) is 0 Å². The van der Waals surface area contributed by atoms with E-state index < -0.39 is 5.82 Å². The highest BCUT2D eigenvalue weighted by Crippen LogP contribution is 2.26. The number of rotatable bonds is 5. The summed E-state index contributed by atoms with van der Waals surface area (Å²) in [6.45, 7) is 0.134. The molecule has 0 spiro atoms. The summed E-state index contributed by atoms with van der Waals surface area (Å²) in [6.07, 6.45) is 0.373. The van der Waals surface area contributed by atoms with Crippen molar-refractivity contribution < 1.29 is 18.8 Å². The van der Waals surface area contributed by atoms with Crippen molar-refractivity contribution in [1.29, 1.82) is 0 Å². The maximum absolute atomic E-state index is 13.5. The standard InChI is InChI=1S/C18H14BrFN2O3/c19-11-7-8-12-13(10-11)18(25)22(17(12)24)9-3-6-16(23)21-15-5-2-1-4-14(15)20/h1-2,4-5,7-8,10H,3,6,9H2,(H,21,23). The lowest BCUT2D eigenvalue weighted by atomic mass is 10.1. The molecule has 0 atom stereocenters. The van der Waals surface area contributed by atoms with Crippen LogP contribution >= 0.6 is 15.9 Å². The first-order chi connectivity index (χ1) is 12.0. The number of nitrogens with one attached hydrogen (secondary N) is 1. The molecule has 3 rings (SSSR count). The zero-order valence-electron chi connectivity index (χ0n) is 13.1. The number of halogens is 2. The number of anilines is 1. The Morgan fingerprint density at radius 2 is 1.80 bits per heavy atom. The lowest BCUT2D eigenvalue weighted by molar-refractivity contribution is -0.116. The number of amides is 3. The molecule has 0 bridgehead atoms. The Morgan fingerprint density at radius 3 is 2.56 bits per heavy atom. The SMILES string of the molecule is O=C(CCCN1C(=O)c2ccc(Br)cc2C1=O)Nc1ccccc1F. The number of hydrogen-bond donors (Lipinski definition) is 1. The molecule has 1 heterocycles. The third kappa shape index (κ3) is 3.61. The second kappa shape index (κ2) is 7.14. The van der Waals surface area contributed by atoms with E-state index in [-0.39, 0.29) is 36.4 Å². The predicted octanol–water partition coefficient (Wildman–Crippen LogP) is 3.60. The maximum Gasteiger partial charge on any atom is 0.261 e. The largest absolute Gasteiger partial charge is 0.324 e. The van der Waals surface area contributed by atoms with Gasteiger partial charge in [-0.3, -0.25) is 19.3 Å². The van der Waals surface area contributed by atoms with E-state index >= 15 is 0 Å². The van der Waals surface area contributed by atoms with Gasteiger partial charge in [0, 0.05) is 17.4 Å². The van der Waals surface area contributed by atoms with Crippen LogP contribution in [0.3, 0.4) is 0 Å². The van der Waals surface area contributed by atoms with E-state index in [1.807, 2.05) is 0 Å². The third-order valence-electron chi connectivity index (χ3n) is 3.87. The summed E-state index contributed by atoms with van der Waals surface area (Å²) in [5.41, 5.74) is 0.831. The summed E-state index contributed by atoms with van der Waals surface area (Å²) >= 11 is 3.28. The van der Waals surface area contributed by atoms with Gasteiger partial charge < -0.3 is 5.32 Å². The van der Waals surface area contributed by atoms with Crippen LogP contribution in [0.5, 0.6) is 0 Å². The summed E-state index contributed by atoms with van der Waals surface area (Å²) in [6, 6.07) is 10.8. The van der Waals surface area contributed by atoms with Gasteiger partial charge in [-0.15, -0.1) is 0 Å². The highest BCUT2D eigenvalue weighted by atomic mass is 79.9. The highest BCUT2D eigenvalue weighted by Gasteiger charge is 2.35. The second-order valence-electron chi connectivity index (χ2n) is 5.58. The first kappa shape index (κ1) is 17.3. The van der Waals surface area contributed by atoms with E-state index in [9.17, 15) is 18.8 Å². The fourth-order valence-corrected chi connectivity index (χ4v) is 3.00. The van der Waals surface area contributed by atoms with Crippen molar-refractivity contribution >= 4 is 39.3 Å². The average molecular weight is 405 g/mol. The normalized spacial score (nSPS) is 13.1. The minimum absolute atomic E-state index is 0.0748. The molecule has 1 aliphatic rings. The third-order valence-corrected chi connectivity index (χ3v) is 4.36. The van der Waals surface area contributed by atoms with Crippen molar-refractivity contribution in [3.63, 3.8) is 0 Å². The quantitative estimate of drug-likeness (QED) is 0.774. The van der Waals surface area contributed by atoms with Crippen molar-refractivity contribution in [3.8, 4) is 0 Å². The Labute approximate surface area is 151 Å². The van der Waals surface area contributed by atoms with Crippen LogP contribution in [0, 0.1) is 5.82 Å². The molecule has 2 aromatic carbocycles. The minimum atomic E-state index is -0.512. The van der Waals surface area contributed by atoms with Gasteiger partial charge in [-0.25, -0.2) is 4.39 Å². The smallest absolute Gasteiger partial charge is 0.261 e. The van der Waals surface area contributed by atoms with Crippen LogP contribution in [0.4, 0.5) is 10.1 Å². The van der Waals surface area contributed by atoms with Crippen molar-refractivity contribution in [2.24, 2.45) is 0 Å². The van der Waals surface area contributed by atoms with E-state index in [1.54, 1.807) is 24.3 Å². The van der Waals surface area contributed by atoms with Gasteiger partial charge >= 0.3 is 0 Å². The van der Waals surface area contributed by atoms with Gasteiger partial charge in [-0.1, -0.05) is 28.1 Å². The van der Waals surface area contributed by atoms with Crippen molar-refractivity contribution in [1.82, 2.24) is 4.90 Å². The zero-order chi connectivity index (χ0) is 18.0. The van der Waals surface area contributed by atoms with Crippen LogP contribution in [0.15, 0.2) is 46.9 Å². The van der Waals surface area contributed by atoms with Crippen molar-refractivity contribution in [2.45, 2.75) is 12.8 Å². The molecular formula is C18H14BrFN2O3. The molecule has 5 nitrogen and oxygen atoms in total. The number of nitrogens with zero attached hydrogens (tertiary/aromatic N) is 1. The molecule has 0 saturated heterocycles. The zero-order valence-corrected chi connectivity index (χ0v) is 14.7. The Kier molecular flexibility index (Phi) is 4.94. The van der Waals surface area contributed by atoms with Crippen LogP contribution in [-0.2, 0) is 4.79 Å². The van der Waals surface area contributed by atoms with E-state index in [0.717, 1.165) is 9.37 Å². The lowest BCUT2D eigenvalue weighted by Gasteiger charge is -2.13. The number of hydrogen-bond acceptors (Lipinski definition) is 3. The van der Waals surface area contributed by atoms with Crippen molar-refractivity contribution in [2.75, 3.05) is 11.9 Å². The van der Waals surface area contributed by atoms with Crippen LogP contribution < -0.4 is 5.32 Å². The van der Waals surface area contributed by atoms with Gasteiger partial charge in [-0.05, 0) is 36.8 Å². The predicted molar refractivity (Wildman–Crippen MR) is 93.8 cm³/mol. The van der Waals surface area contributed by atoms with Crippen LogP contribution in [0.2, 0.25) is 0 Å². The van der Waals surface area contributed by atoms with Gasteiger partial charge in [0.05, 0.1) is 16.8 Å². The number of imide groups is 1. The molecule has 2 aromatic rings. The Morgan fingerprint density at radius 1 is 1.08 bits per heavy atom. The summed E-state index contributed by atoms with van der Waals surface area (Å²) in [5.74, 6) is -1.61. The first-order valence-electron chi connectivity index (χ1n) is 7.67. The van der Waals surface area contributed by atoms with Gasteiger partial charge in [0.2, 0.25) is 5.91 Å². The summed E-state index contributed by atoms with van der Waals surface area (Å²) in [7, 11) is 0. The number of fused-ring (bicyclic) bond motifs is 1. The summed E-state index contributed by atoms with van der Waals surface area (Å²) in [4.78, 5) is 37.6. The fraction of sp³-hybridized carbons (Fsp3) is 0.167. The Balaban J connectivity index is 1.56. The number of para-hydroxylation sites is 1. The molecule has 1 aliphatic heterocycles. The molecule has 25 heavy (non-hydrogen) atoms. The monoisotopic (exact) mass is 404 g/mol.